The molecule has 0 spiro atoms. The Morgan fingerprint density at radius 1 is 1.33 bits per heavy atom. The Labute approximate surface area is 142 Å². The number of fused-ring (bicyclic) bond motifs is 4. The van der Waals surface area contributed by atoms with Crippen LogP contribution < -0.4 is 4.74 Å². The van der Waals surface area contributed by atoms with Gasteiger partial charge in [0.1, 0.15) is 5.75 Å². The van der Waals surface area contributed by atoms with Crippen LogP contribution >= 0.6 is 0 Å². The summed E-state index contributed by atoms with van der Waals surface area (Å²) in [6.45, 7) is 4.46. The molecule has 6 rings (SSSR count). The van der Waals surface area contributed by atoms with Crippen molar-refractivity contribution in [2.45, 2.75) is 44.8 Å². The maximum absolute atomic E-state index is 12.0. The number of ether oxygens (including phenoxy) is 1. The van der Waals surface area contributed by atoms with Gasteiger partial charge >= 0.3 is 0 Å². The lowest BCUT2D eigenvalue weighted by atomic mass is 9.64. The third-order valence-corrected chi connectivity index (χ3v) is 6.70. The van der Waals surface area contributed by atoms with E-state index in [1.807, 2.05) is 6.07 Å². The molecule has 4 heterocycles. The van der Waals surface area contributed by atoms with Gasteiger partial charge in [-0.15, -0.1) is 0 Å². The van der Waals surface area contributed by atoms with Gasteiger partial charge in [0.15, 0.2) is 6.29 Å². The topological polar surface area (TPSA) is 34.5 Å². The minimum atomic E-state index is 0.509. The number of nitrogens with zero attached hydrogens (tertiary/aromatic N) is 2. The molecule has 24 heavy (non-hydrogen) atoms. The third kappa shape index (κ3) is 1.75. The lowest BCUT2D eigenvalue weighted by molar-refractivity contribution is -0.0542. The van der Waals surface area contributed by atoms with Crippen LogP contribution in [-0.4, -0.2) is 35.4 Å². The molecule has 1 aromatic carbocycles. The smallest absolute Gasteiger partial charge is 0.152 e. The predicted molar refractivity (Wildman–Crippen MR) is 93.6 cm³/mol. The highest BCUT2D eigenvalue weighted by molar-refractivity contribution is 6.00. The molecular weight excluding hydrogens is 300 g/mol. The third-order valence-electron chi connectivity index (χ3n) is 6.70. The summed E-state index contributed by atoms with van der Waals surface area (Å²) in [5.74, 6) is 2.95. The fourth-order valence-electron chi connectivity index (χ4n) is 5.84. The van der Waals surface area contributed by atoms with Crippen molar-refractivity contribution in [3.05, 3.63) is 29.5 Å². The van der Waals surface area contributed by atoms with Gasteiger partial charge in [-0.3, -0.25) is 9.69 Å². The number of hydrogen-bond acceptors (Lipinski definition) is 3. The minimum absolute atomic E-state index is 0.509. The van der Waals surface area contributed by atoms with Gasteiger partial charge in [0.05, 0.1) is 19.3 Å². The number of methoxy groups -OCH3 is 1. The molecule has 0 N–H and O–H groups in total. The Hall–Kier alpha value is -1.81. The van der Waals surface area contributed by atoms with Crippen molar-refractivity contribution in [2.24, 2.45) is 11.8 Å². The summed E-state index contributed by atoms with van der Waals surface area (Å²) in [5.41, 5.74) is 3.35. The molecule has 2 saturated heterocycles. The van der Waals surface area contributed by atoms with E-state index in [1.54, 1.807) is 7.11 Å². The Balaban J connectivity index is 1.75. The molecule has 1 saturated carbocycles. The average molecular weight is 324 g/mol. The standard InChI is InChI=1S/C20H24N2O2/c1-3-13-6-12-7-16-19(13)21(9-12)11-22-18-8-14(24-2)4-5-15(18)17(10-23)20(16)22/h4-5,8,10,12-13,16,19H,3,6-7,9,11H2,1-2H3/t12?,13?,16?,19-/m1/s1. The lowest BCUT2D eigenvalue weighted by Gasteiger charge is -2.57. The van der Waals surface area contributed by atoms with Crippen LogP contribution in [-0.2, 0) is 6.67 Å². The number of aldehydes is 1. The van der Waals surface area contributed by atoms with Crippen molar-refractivity contribution in [3.63, 3.8) is 0 Å². The molecule has 4 nitrogen and oxygen atoms in total. The first-order valence-corrected chi connectivity index (χ1v) is 9.14. The summed E-state index contributed by atoms with van der Waals surface area (Å²) in [6.07, 6.45) is 4.95. The highest BCUT2D eigenvalue weighted by atomic mass is 16.5. The van der Waals surface area contributed by atoms with Crippen molar-refractivity contribution in [1.29, 1.82) is 0 Å². The van der Waals surface area contributed by atoms with Crippen LogP contribution in [0.4, 0.5) is 0 Å². The summed E-state index contributed by atoms with van der Waals surface area (Å²) in [6, 6.07) is 6.73. The molecule has 0 radical (unpaired) electrons. The number of rotatable bonds is 3. The Morgan fingerprint density at radius 3 is 2.96 bits per heavy atom. The van der Waals surface area contributed by atoms with Crippen molar-refractivity contribution in [3.8, 4) is 5.75 Å². The molecule has 5 atom stereocenters. The quantitative estimate of drug-likeness (QED) is 0.809. The fourth-order valence-corrected chi connectivity index (χ4v) is 5.84. The molecule has 4 aliphatic rings. The lowest BCUT2D eigenvalue weighted by Crippen LogP contribution is -2.59. The van der Waals surface area contributed by atoms with E-state index in [1.165, 1.54) is 31.5 Å². The van der Waals surface area contributed by atoms with Crippen LogP contribution in [0.15, 0.2) is 18.2 Å². The SMILES string of the molecule is CCC1CC2CC3c4c(C=O)c5ccc(OC)cc5n4CN(C2)[C@H]13. The van der Waals surface area contributed by atoms with Gasteiger partial charge in [-0.05, 0) is 36.8 Å². The van der Waals surface area contributed by atoms with Gasteiger partial charge in [-0.1, -0.05) is 13.3 Å². The zero-order chi connectivity index (χ0) is 16.4. The minimum Gasteiger partial charge on any atom is -0.497 e. The highest BCUT2D eigenvalue weighted by Gasteiger charge is 2.50. The summed E-state index contributed by atoms with van der Waals surface area (Å²) >= 11 is 0. The second-order valence-corrected chi connectivity index (χ2v) is 7.74. The Kier molecular flexibility index (Phi) is 3.08. The first kappa shape index (κ1) is 14.5. The molecule has 4 unspecified atom stereocenters. The van der Waals surface area contributed by atoms with E-state index in [9.17, 15) is 4.79 Å². The normalized spacial score (nSPS) is 33.5. The molecule has 1 aromatic heterocycles. The van der Waals surface area contributed by atoms with Crippen LogP contribution in [0.1, 0.15) is 48.2 Å². The van der Waals surface area contributed by atoms with Crippen LogP contribution in [0.3, 0.4) is 0 Å². The van der Waals surface area contributed by atoms with Crippen molar-refractivity contribution < 1.29 is 9.53 Å². The van der Waals surface area contributed by atoms with Gasteiger partial charge in [0.2, 0.25) is 0 Å². The first-order valence-electron chi connectivity index (χ1n) is 9.14. The summed E-state index contributed by atoms with van der Waals surface area (Å²) in [7, 11) is 1.70. The molecule has 126 valence electrons. The Morgan fingerprint density at radius 2 is 2.21 bits per heavy atom. The number of piperidine rings is 2. The van der Waals surface area contributed by atoms with Crippen LogP contribution in [0.5, 0.6) is 5.75 Å². The maximum Gasteiger partial charge on any atom is 0.152 e. The number of carbonyl (C=O) groups is 1. The van der Waals surface area contributed by atoms with Gasteiger partial charge in [-0.2, -0.15) is 0 Å². The number of benzene rings is 1. The average Bonchev–Trinajstić information content (AvgIpc) is 2.94. The van der Waals surface area contributed by atoms with Gasteiger partial charge < -0.3 is 9.30 Å². The zero-order valence-corrected chi connectivity index (χ0v) is 14.4. The Bertz CT molecular complexity index is 825. The van der Waals surface area contributed by atoms with Crippen LogP contribution in [0, 0.1) is 11.8 Å². The molecule has 3 fully saturated rings. The number of carbonyl (C=O) groups excluding carboxylic acids is 1. The number of hydrogen-bond donors (Lipinski definition) is 0. The molecular formula is C20H24N2O2. The van der Waals surface area contributed by atoms with Crippen LogP contribution in [0.2, 0.25) is 0 Å². The van der Waals surface area contributed by atoms with E-state index in [0.29, 0.717) is 12.0 Å². The summed E-state index contributed by atoms with van der Waals surface area (Å²) in [4.78, 5) is 14.6. The molecule has 3 aliphatic heterocycles. The van der Waals surface area contributed by atoms with Crippen molar-refractivity contribution in [2.75, 3.05) is 13.7 Å². The van der Waals surface area contributed by atoms with Gasteiger partial charge in [-0.25, -0.2) is 0 Å². The van der Waals surface area contributed by atoms with Gasteiger partial charge in [0.25, 0.3) is 0 Å². The van der Waals surface area contributed by atoms with E-state index < -0.39 is 0 Å². The van der Waals surface area contributed by atoms with Gasteiger partial charge in [0, 0.05) is 41.2 Å². The number of aromatic nitrogens is 1. The predicted octanol–water partition coefficient (Wildman–Crippen LogP) is 3.64. The van der Waals surface area contributed by atoms with E-state index in [2.05, 4.69) is 28.5 Å². The zero-order valence-electron chi connectivity index (χ0n) is 14.4. The largest absolute Gasteiger partial charge is 0.497 e. The van der Waals surface area contributed by atoms with E-state index in [-0.39, 0.29) is 0 Å². The van der Waals surface area contributed by atoms with Crippen LogP contribution in [0.25, 0.3) is 10.9 Å². The molecule has 4 bridgehead atoms. The molecule has 2 aromatic rings. The summed E-state index contributed by atoms with van der Waals surface area (Å²) in [5, 5.41) is 1.08. The highest BCUT2D eigenvalue weighted by Crippen LogP contribution is 2.52. The summed E-state index contributed by atoms with van der Waals surface area (Å²) < 4.78 is 7.80. The van der Waals surface area contributed by atoms with E-state index >= 15 is 0 Å². The second kappa shape index (κ2) is 5.09. The van der Waals surface area contributed by atoms with E-state index in [0.717, 1.165) is 47.0 Å². The van der Waals surface area contributed by atoms with Crippen molar-refractivity contribution in [1.82, 2.24) is 9.47 Å². The second-order valence-electron chi connectivity index (χ2n) is 7.74. The first-order chi connectivity index (χ1) is 11.7. The monoisotopic (exact) mass is 324 g/mol. The molecule has 1 aliphatic carbocycles. The fraction of sp³-hybridized carbons (Fsp3) is 0.550. The van der Waals surface area contributed by atoms with E-state index in [4.69, 9.17) is 4.74 Å². The molecule has 0 amide bonds. The maximum atomic E-state index is 12.0. The molecule has 4 heteroatoms. The van der Waals surface area contributed by atoms with Crippen molar-refractivity contribution >= 4 is 17.2 Å².